The Bertz CT molecular complexity index is 815. The average Bonchev–Trinajstić information content (AvgIpc) is 2.90. The summed E-state index contributed by atoms with van der Waals surface area (Å²) in [6, 6.07) is 8.37. The summed E-state index contributed by atoms with van der Waals surface area (Å²) < 4.78 is 29.5. The van der Waals surface area contributed by atoms with Crippen molar-refractivity contribution >= 4 is 21.6 Å². The second kappa shape index (κ2) is 6.76. The lowest BCUT2D eigenvalue weighted by Crippen LogP contribution is -2.18. The highest BCUT2D eigenvalue weighted by molar-refractivity contribution is 7.91. The van der Waals surface area contributed by atoms with Crippen LogP contribution in [0.1, 0.15) is 38.5 Å². The summed E-state index contributed by atoms with van der Waals surface area (Å²) in [5, 5.41) is 6.14. The smallest absolute Gasteiger partial charge is 0.226 e. The molecule has 0 unspecified atom stereocenters. The number of aromatic nitrogens is 1. The molecule has 0 aliphatic heterocycles. The van der Waals surface area contributed by atoms with E-state index in [1.165, 1.54) is 0 Å². The van der Waals surface area contributed by atoms with Gasteiger partial charge in [0.25, 0.3) is 0 Å². The SMILES string of the molecule is Cc1cc(NC(=O)CCS(=O)(=O)c2ccc(C(C)(C)C)cc2)no1. The lowest BCUT2D eigenvalue weighted by atomic mass is 9.87. The Kier molecular flexibility index (Phi) is 5.13. The number of amides is 1. The number of hydrogen-bond donors (Lipinski definition) is 1. The van der Waals surface area contributed by atoms with E-state index in [1.54, 1.807) is 25.1 Å². The minimum atomic E-state index is -3.51. The molecule has 1 heterocycles. The molecule has 2 aromatic rings. The largest absolute Gasteiger partial charge is 0.360 e. The van der Waals surface area contributed by atoms with Crippen LogP contribution in [0, 0.1) is 6.92 Å². The van der Waals surface area contributed by atoms with Gasteiger partial charge in [-0.15, -0.1) is 0 Å². The predicted molar refractivity (Wildman–Crippen MR) is 91.7 cm³/mol. The van der Waals surface area contributed by atoms with Crippen molar-refractivity contribution in [2.45, 2.75) is 44.4 Å². The fraction of sp³-hybridized carbons (Fsp3) is 0.412. The molecule has 0 spiro atoms. The number of rotatable bonds is 5. The molecular weight excluding hydrogens is 328 g/mol. The number of carbonyl (C=O) groups is 1. The number of carbonyl (C=O) groups excluding carboxylic acids is 1. The number of nitrogens with zero attached hydrogens (tertiary/aromatic N) is 1. The van der Waals surface area contributed by atoms with Gasteiger partial charge >= 0.3 is 0 Å². The van der Waals surface area contributed by atoms with Gasteiger partial charge in [0.2, 0.25) is 5.91 Å². The second-order valence-corrected chi connectivity index (χ2v) is 8.82. The molecule has 0 atom stereocenters. The first-order chi connectivity index (χ1) is 11.1. The Balaban J connectivity index is 1.99. The lowest BCUT2D eigenvalue weighted by molar-refractivity contribution is -0.115. The summed E-state index contributed by atoms with van der Waals surface area (Å²) >= 11 is 0. The van der Waals surface area contributed by atoms with Crippen molar-refractivity contribution < 1.29 is 17.7 Å². The van der Waals surface area contributed by atoms with Gasteiger partial charge in [0.1, 0.15) is 5.76 Å². The van der Waals surface area contributed by atoms with Crippen molar-refractivity contribution in [1.29, 1.82) is 0 Å². The molecule has 0 bridgehead atoms. The number of nitrogens with one attached hydrogen (secondary N) is 1. The lowest BCUT2D eigenvalue weighted by Gasteiger charge is -2.19. The molecule has 0 saturated heterocycles. The molecule has 0 aliphatic carbocycles. The standard InChI is InChI=1S/C17H22N2O4S/c1-12-11-15(19-23-12)18-16(20)9-10-24(21,22)14-7-5-13(6-8-14)17(2,3)4/h5-8,11H,9-10H2,1-4H3,(H,18,19,20). The maximum absolute atomic E-state index is 12.3. The van der Waals surface area contributed by atoms with E-state index in [9.17, 15) is 13.2 Å². The third kappa shape index (κ3) is 4.67. The normalized spacial score (nSPS) is 12.2. The number of hydrogen-bond acceptors (Lipinski definition) is 5. The second-order valence-electron chi connectivity index (χ2n) is 6.71. The molecular formula is C17H22N2O4S. The molecule has 2 rings (SSSR count). The molecule has 0 fully saturated rings. The maximum Gasteiger partial charge on any atom is 0.226 e. The first kappa shape index (κ1) is 18.2. The van der Waals surface area contributed by atoms with Gasteiger partial charge < -0.3 is 9.84 Å². The van der Waals surface area contributed by atoms with Gasteiger partial charge in [-0.25, -0.2) is 8.42 Å². The molecule has 0 saturated carbocycles. The van der Waals surface area contributed by atoms with Gasteiger partial charge in [-0.3, -0.25) is 4.79 Å². The molecule has 1 aromatic heterocycles. The molecule has 24 heavy (non-hydrogen) atoms. The molecule has 0 radical (unpaired) electrons. The third-order valence-corrected chi connectivity index (χ3v) is 5.30. The van der Waals surface area contributed by atoms with Crippen LogP contribution in [0.15, 0.2) is 39.8 Å². The molecule has 1 amide bonds. The summed E-state index contributed by atoms with van der Waals surface area (Å²) in [5.41, 5.74) is 1.01. The van der Waals surface area contributed by atoms with Gasteiger partial charge in [-0.1, -0.05) is 38.1 Å². The first-order valence-electron chi connectivity index (χ1n) is 7.64. The van der Waals surface area contributed by atoms with Gasteiger partial charge in [-0.05, 0) is 30.0 Å². The zero-order valence-electron chi connectivity index (χ0n) is 14.3. The van der Waals surface area contributed by atoms with Crippen molar-refractivity contribution in [3.8, 4) is 0 Å². The fourth-order valence-corrected chi connectivity index (χ4v) is 3.38. The van der Waals surface area contributed by atoms with Crippen LogP contribution in [0.3, 0.4) is 0 Å². The molecule has 6 nitrogen and oxygen atoms in total. The van der Waals surface area contributed by atoms with Gasteiger partial charge in [0, 0.05) is 12.5 Å². The van der Waals surface area contributed by atoms with Crippen LogP contribution in [-0.2, 0) is 20.0 Å². The van der Waals surface area contributed by atoms with E-state index in [4.69, 9.17) is 4.52 Å². The Morgan fingerprint density at radius 1 is 1.21 bits per heavy atom. The van der Waals surface area contributed by atoms with Crippen LogP contribution in [0.25, 0.3) is 0 Å². The Morgan fingerprint density at radius 2 is 1.83 bits per heavy atom. The van der Waals surface area contributed by atoms with E-state index in [-0.39, 0.29) is 28.3 Å². The van der Waals surface area contributed by atoms with Crippen LogP contribution in [0.4, 0.5) is 5.82 Å². The highest BCUT2D eigenvalue weighted by Gasteiger charge is 2.19. The van der Waals surface area contributed by atoms with Crippen LogP contribution in [-0.4, -0.2) is 25.2 Å². The highest BCUT2D eigenvalue weighted by Crippen LogP contribution is 2.24. The van der Waals surface area contributed by atoms with E-state index < -0.39 is 15.7 Å². The van der Waals surface area contributed by atoms with Crippen molar-refractivity contribution in [3.05, 3.63) is 41.7 Å². The first-order valence-corrected chi connectivity index (χ1v) is 9.30. The topological polar surface area (TPSA) is 89.3 Å². The van der Waals surface area contributed by atoms with Gasteiger partial charge in [0.05, 0.1) is 10.6 Å². The van der Waals surface area contributed by atoms with Gasteiger partial charge in [0.15, 0.2) is 15.7 Å². The van der Waals surface area contributed by atoms with Crippen molar-refractivity contribution in [3.63, 3.8) is 0 Å². The van der Waals surface area contributed by atoms with Crippen molar-refractivity contribution in [1.82, 2.24) is 5.16 Å². The Morgan fingerprint density at radius 3 is 2.33 bits per heavy atom. The minimum absolute atomic E-state index is 0.0437. The van der Waals surface area contributed by atoms with Crippen LogP contribution in [0.2, 0.25) is 0 Å². The summed E-state index contributed by atoms with van der Waals surface area (Å²) in [4.78, 5) is 12.1. The summed E-state index contributed by atoms with van der Waals surface area (Å²) in [7, 11) is -3.51. The zero-order chi connectivity index (χ0) is 18.0. The van der Waals surface area contributed by atoms with Crippen LogP contribution < -0.4 is 5.32 Å². The number of anilines is 1. The van der Waals surface area contributed by atoms with E-state index in [0.29, 0.717) is 5.76 Å². The summed E-state index contributed by atoms with van der Waals surface area (Å²) in [5.74, 6) is 0.171. The molecule has 7 heteroatoms. The van der Waals surface area contributed by atoms with E-state index in [2.05, 4.69) is 31.2 Å². The Hall–Kier alpha value is -2.15. The molecule has 130 valence electrons. The minimum Gasteiger partial charge on any atom is -0.360 e. The maximum atomic E-state index is 12.3. The van der Waals surface area contributed by atoms with Crippen molar-refractivity contribution in [2.24, 2.45) is 0 Å². The van der Waals surface area contributed by atoms with Crippen LogP contribution in [0.5, 0.6) is 0 Å². The fourth-order valence-electron chi connectivity index (χ4n) is 2.14. The summed E-state index contributed by atoms with van der Waals surface area (Å²) in [6.45, 7) is 7.89. The molecule has 0 aliphatic rings. The third-order valence-electron chi connectivity index (χ3n) is 3.57. The van der Waals surface area contributed by atoms with E-state index in [1.807, 2.05) is 12.1 Å². The highest BCUT2D eigenvalue weighted by atomic mass is 32.2. The zero-order valence-corrected chi connectivity index (χ0v) is 15.1. The van der Waals surface area contributed by atoms with Crippen LogP contribution >= 0.6 is 0 Å². The molecule has 1 aromatic carbocycles. The number of sulfone groups is 1. The summed E-state index contributed by atoms with van der Waals surface area (Å²) in [6.07, 6.45) is -0.144. The van der Waals surface area contributed by atoms with Crippen molar-refractivity contribution in [2.75, 3.05) is 11.1 Å². The van der Waals surface area contributed by atoms with E-state index in [0.717, 1.165) is 5.56 Å². The predicted octanol–water partition coefficient (Wildman–Crippen LogP) is 3.08. The van der Waals surface area contributed by atoms with Gasteiger partial charge in [-0.2, -0.15) is 0 Å². The monoisotopic (exact) mass is 350 g/mol. The number of benzene rings is 1. The quantitative estimate of drug-likeness (QED) is 0.895. The Labute approximate surface area is 142 Å². The molecule has 1 N–H and O–H groups in total. The average molecular weight is 350 g/mol. The van der Waals surface area contributed by atoms with E-state index >= 15 is 0 Å². The number of aryl methyl sites for hydroxylation is 1.